The van der Waals surface area contributed by atoms with Crippen LogP contribution < -0.4 is 17.0 Å². The van der Waals surface area contributed by atoms with Gasteiger partial charge in [-0.3, -0.25) is 0 Å². The molecule has 0 heterocycles. The highest BCUT2D eigenvalue weighted by molar-refractivity contribution is 4.51. The van der Waals surface area contributed by atoms with E-state index in [0.717, 1.165) is 10.4 Å². The van der Waals surface area contributed by atoms with Crippen molar-refractivity contribution in [2.45, 2.75) is 52.4 Å². The Bertz CT molecular complexity index is 129. The first-order valence-corrected chi connectivity index (χ1v) is 6.26. The second-order valence-electron chi connectivity index (χ2n) is 5.73. The van der Waals surface area contributed by atoms with E-state index >= 15 is 0 Å². The standard InChI is InChI=1S/C13H30N.BrH/c1-6-13(2)11-9-7-8-10-12-14(3,4)5;/h13H,6-12H2,1-5H3;1H/q+1;/p-1. The van der Waals surface area contributed by atoms with Gasteiger partial charge in [0, 0.05) is 0 Å². The minimum absolute atomic E-state index is 0. The van der Waals surface area contributed by atoms with Crippen molar-refractivity contribution in [1.29, 1.82) is 0 Å². The maximum Gasteiger partial charge on any atom is 0.0780 e. The molecule has 0 saturated carbocycles. The fraction of sp³-hybridized carbons (Fsp3) is 1.00. The van der Waals surface area contributed by atoms with E-state index in [2.05, 4.69) is 35.0 Å². The van der Waals surface area contributed by atoms with Gasteiger partial charge in [-0.2, -0.15) is 0 Å². The smallest absolute Gasteiger partial charge is 0.0780 e. The molecule has 0 fully saturated rings. The number of halogens is 1. The molecule has 0 N–H and O–H groups in total. The molecule has 1 atom stereocenters. The Morgan fingerprint density at radius 2 is 1.47 bits per heavy atom. The number of nitrogens with zero attached hydrogens (tertiary/aromatic N) is 1. The van der Waals surface area contributed by atoms with Crippen LogP contribution >= 0.6 is 0 Å². The van der Waals surface area contributed by atoms with E-state index in [1.54, 1.807) is 0 Å². The van der Waals surface area contributed by atoms with Gasteiger partial charge in [0.15, 0.2) is 0 Å². The van der Waals surface area contributed by atoms with Crippen LogP contribution in [-0.2, 0) is 0 Å². The van der Waals surface area contributed by atoms with Crippen molar-refractivity contribution in [2.24, 2.45) is 5.92 Å². The minimum Gasteiger partial charge on any atom is -1.00 e. The minimum atomic E-state index is 0. The first-order valence-electron chi connectivity index (χ1n) is 6.26. The van der Waals surface area contributed by atoms with Crippen LogP contribution in [-0.4, -0.2) is 32.2 Å². The molecule has 0 amide bonds. The first-order chi connectivity index (χ1) is 6.45. The summed E-state index contributed by atoms with van der Waals surface area (Å²) in [5, 5.41) is 0. The Morgan fingerprint density at radius 3 is 1.93 bits per heavy atom. The fourth-order valence-electron chi connectivity index (χ4n) is 1.64. The molecule has 15 heavy (non-hydrogen) atoms. The predicted octanol–water partition coefficient (Wildman–Crippen LogP) is 0.693. The van der Waals surface area contributed by atoms with E-state index in [4.69, 9.17) is 0 Å². The number of hydrogen-bond donors (Lipinski definition) is 0. The van der Waals surface area contributed by atoms with Gasteiger partial charge in [0.25, 0.3) is 0 Å². The molecule has 0 aliphatic carbocycles. The van der Waals surface area contributed by atoms with Crippen molar-refractivity contribution in [3.8, 4) is 0 Å². The summed E-state index contributed by atoms with van der Waals surface area (Å²) in [6.07, 6.45) is 8.46. The molecule has 94 valence electrons. The molecule has 0 bridgehead atoms. The van der Waals surface area contributed by atoms with E-state index in [0.29, 0.717) is 0 Å². The van der Waals surface area contributed by atoms with Crippen LogP contribution in [0.1, 0.15) is 52.4 Å². The SMILES string of the molecule is CCC(C)CCCCCC[N+](C)(C)C.[Br-]. The van der Waals surface area contributed by atoms with Crippen molar-refractivity contribution in [3.63, 3.8) is 0 Å². The zero-order valence-electron chi connectivity index (χ0n) is 11.4. The largest absolute Gasteiger partial charge is 1.00 e. The van der Waals surface area contributed by atoms with Gasteiger partial charge in [-0.05, 0) is 18.8 Å². The van der Waals surface area contributed by atoms with Crippen molar-refractivity contribution < 1.29 is 21.5 Å². The molecule has 1 unspecified atom stereocenters. The van der Waals surface area contributed by atoms with Crippen LogP contribution in [0.4, 0.5) is 0 Å². The molecule has 0 radical (unpaired) electrons. The first kappa shape index (κ1) is 17.8. The van der Waals surface area contributed by atoms with E-state index in [1.807, 2.05) is 0 Å². The van der Waals surface area contributed by atoms with Gasteiger partial charge < -0.3 is 21.5 Å². The third-order valence-electron chi connectivity index (χ3n) is 2.97. The van der Waals surface area contributed by atoms with Gasteiger partial charge in [0.1, 0.15) is 0 Å². The average molecular weight is 280 g/mol. The normalized spacial score (nSPS) is 13.4. The van der Waals surface area contributed by atoms with Gasteiger partial charge in [0.2, 0.25) is 0 Å². The average Bonchev–Trinajstić information content (AvgIpc) is 2.08. The Labute approximate surface area is 108 Å². The molecule has 0 aromatic heterocycles. The van der Waals surface area contributed by atoms with Crippen LogP contribution in [0.3, 0.4) is 0 Å². The quantitative estimate of drug-likeness (QED) is 0.453. The van der Waals surface area contributed by atoms with Crippen molar-refractivity contribution in [2.75, 3.05) is 27.7 Å². The third-order valence-corrected chi connectivity index (χ3v) is 2.97. The van der Waals surface area contributed by atoms with E-state index in [-0.39, 0.29) is 17.0 Å². The number of quaternary nitrogens is 1. The van der Waals surface area contributed by atoms with Crippen LogP contribution in [0.15, 0.2) is 0 Å². The Morgan fingerprint density at radius 1 is 0.933 bits per heavy atom. The van der Waals surface area contributed by atoms with Crippen LogP contribution in [0.5, 0.6) is 0 Å². The Kier molecular flexibility index (Phi) is 11.5. The topological polar surface area (TPSA) is 0 Å². The van der Waals surface area contributed by atoms with Crippen molar-refractivity contribution in [3.05, 3.63) is 0 Å². The maximum absolute atomic E-state index is 2.37. The Balaban J connectivity index is 0. The highest BCUT2D eigenvalue weighted by Gasteiger charge is 2.05. The Hall–Kier alpha value is 0.440. The monoisotopic (exact) mass is 279 g/mol. The molecule has 0 rings (SSSR count). The highest BCUT2D eigenvalue weighted by Crippen LogP contribution is 2.13. The molecule has 0 aliphatic rings. The molecule has 0 aliphatic heterocycles. The molecular weight excluding hydrogens is 250 g/mol. The highest BCUT2D eigenvalue weighted by atomic mass is 79.9. The second kappa shape index (κ2) is 9.65. The molecule has 0 aromatic carbocycles. The molecule has 1 nitrogen and oxygen atoms in total. The van der Waals surface area contributed by atoms with Crippen LogP contribution in [0.2, 0.25) is 0 Å². The molecule has 0 spiro atoms. The van der Waals surface area contributed by atoms with Crippen LogP contribution in [0.25, 0.3) is 0 Å². The zero-order chi connectivity index (χ0) is 11.0. The molecule has 2 heteroatoms. The van der Waals surface area contributed by atoms with Gasteiger partial charge in [-0.1, -0.05) is 39.5 Å². The zero-order valence-corrected chi connectivity index (χ0v) is 12.9. The summed E-state index contributed by atoms with van der Waals surface area (Å²) in [5.74, 6) is 0.938. The lowest BCUT2D eigenvalue weighted by Gasteiger charge is -2.23. The van der Waals surface area contributed by atoms with Crippen molar-refractivity contribution in [1.82, 2.24) is 0 Å². The van der Waals surface area contributed by atoms with E-state index < -0.39 is 0 Å². The van der Waals surface area contributed by atoms with Gasteiger partial charge in [-0.15, -0.1) is 0 Å². The predicted molar refractivity (Wildman–Crippen MR) is 65.4 cm³/mol. The summed E-state index contributed by atoms with van der Waals surface area (Å²) >= 11 is 0. The summed E-state index contributed by atoms with van der Waals surface area (Å²) < 4.78 is 1.12. The number of rotatable bonds is 8. The molecule has 0 saturated heterocycles. The lowest BCUT2D eigenvalue weighted by Crippen LogP contribution is -3.00. The number of hydrogen-bond acceptors (Lipinski definition) is 0. The summed E-state index contributed by atoms with van der Waals surface area (Å²) in [4.78, 5) is 0. The van der Waals surface area contributed by atoms with Crippen molar-refractivity contribution >= 4 is 0 Å². The summed E-state index contributed by atoms with van der Waals surface area (Å²) in [5.41, 5.74) is 0. The van der Waals surface area contributed by atoms with Crippen LogP contribution in [0, 0.1) is 5.92 Å². The molecule has 0 aromatic rings. The maximum atomic E-state index is 2.37. The van der Waals surface area contributed by atoms with Gasteiger partial charge in [-0.25, -0.2) is 0 Å². The molecular formula is C13H30BrN. The lowest BCUT2D eigenvalue weighted by molar-refractivity contribution is -0.870. The third kappa shape index (κ3) is 14.4. The summed E-state index contributed by atoms with van der Waals surface area (Å²) in [6.45, 7) is 5.98. The number of unbranched alkanes of at least 4 members (excludes halogenated alkanes) is 3. The second-order valence-corrected chi connectivity index (χ2v) is 5.73. The van der Waals surface area contributed by atoms with E-state index in [1.165, 1.54) is 45.1 Å². The van der Waals surface area contributed by atoms with Gasteiger partial charge in [0.05, 0.1) is 27.7 Å². The van der Waals surface area contributed by atoms with Gasteiger partial charge >= 0.3 is 0 Å². The lowest BCUT2D eigenvalue weighted by atomic mass is 10.0. The van der Waals surface area contributed by atoms with E-state index in [9.17, 15) is 0 Å². The summed E-state index contributed by atoms with van der Waals surface area (Å²) in [7, 11) is 6.83. The fourth-order valence-corrected chi connectivity index (χ4v) is 1.64. The summed E-state index contributed by atoms with van der Waals surface area (Å²) in [6, 6.07) is 0.